The molecular weight excluding hydrogens is 348 g/mol. The second-order valence-corrected chi connectivity index (χ2v) is 10.1. The number of rotatable bonds is 0. The SMILES string of the molecule is C1C2CC3CC1CC(C2)C3.C1CC2CCC1C2.C1CCCCC1.CC.CC.CC. The molecule has 0 atom stereocenters. The summed E-state index contributed by atoms with van der Waals surface area (Å²) < 4.78 is 0. The third-order valence-corrected chi connectivity index (χ3v) is 8.13. The van der Waals surface area contributed by atoms with Gasteiger partial charge in [0.2, 0.25) is 0 Å². The Morgan fingerprint density at radius 2 is 0.448 bits per heavy atom. The molecule has 0 aromatic carbocycles. The molecule has 0 spiro atoms. The molecule has 6 bridgehead atoms. The van der Waals surface area contributed by atoms with Gasteiger partial charge in [-0.1, -0.05) is 106 Å². The molecule has 0 saturated heterocycles. The van der Waals surface area contributed by atoms with Crippen LogP contribution in [0.15, 0.2) is 0 Å². The van der Waals surface area contributed by atoms with Gasteiger partial charge in [0.05, 0.1) is 0 Å². The van der Waals surface area contributed by atoms with Crippen molar-refractivity contribution in [1.82, 2.24) is 0 Å². The maximum absolute atomic E-state index is 2.00. The van der Waals surface area contributed by atoms with Crippen LogP contribution in [0.5, 0.6) is 0 Å². The van der Waals surface area contributed by atoms with E-state index in [1.54, 1.807) is 70.6 Å². The quantitative estimate of drug-likeness (QED) is 0.375. The molecule has 0 aromatic heterocycles. The molecule has 0 radical (unpaired) electrons. The summed E-state index contributed by atoms with van der Waals surface area (Å²) in [6.45, 7) is 12.0. The molecule has 7 aliphatic carbocycles. The van der Waals surface area contributed by atoms with Gasteiger partial charge in [0.25, 0.3) is 0 Å². The van der Waals surface area contributed by atoms with E-state index in [2.05, 4.69) is 0 Å². The summed E-state index contributed by atoms with van der Waals surface area (Å²) in [5, 5.41) is 0. The molecule has 0 heteroatoms. The van der Waals surface area contributed by atoms with Crippen molar-refractivity contribution in [2.24, 2.45) is 35.5 Å². The van der Waals surface area contributed by atoms with E-state index in [9.17, 15) is 0 Å². The van der Waals surface area contributed by atoms with Gasteiger partial charge in [-0.3, -0.25) is 0 Å². The normalized spacial score (nSPS) is 37.0. The van der Waals surface area contributed by atoms with Crippen LogP contribution in [0.2, 0.25) is 0 Å². The van der Waals surface area contributed by atoms with Gasteiger partial charge in [0.1, 0.15) is 0 Å². The highest BCUT2D eigenvalue weighted by atomic mass is 14.5. The first kappa shape index (κ1) is 27.0. The lowest BCUT2D eigenvalue weighted by Crippen LogP contribution is -2.38. The average Bonchev–Trinajstić information content (AvgIpc) is 3.46. The predicted octanol–water partition coefficient (Wildman–Crippen LogP) is 10.4. The molecule has 0 N–H and O–H groups in total. The Labute approximate surface area is 186 Å². The second kappa shape index (κ2) is 16.7. The zero-order chi connectivity index (χ0) is 21.5. The monoisotopic (exact) mass is 406 g/mol. The fraction of sp³-hybridized carbons (Fsp3) is 1.00. The van der Waals surface area contributed by atoms with Crippen LogP contribution in [-0.4, -0.2) is 0 Å². The van der Waals surface area contributed by atoms with Gasteiger partial charge < -0.3 is 0 Å². The molecule has 0 amide bonds. The van der Waals surface area contributed by atoms with Crippen molar-refractivity contribution in [2.75, 3.05) is 0 Å². The van der Waals surface area contributed by atoms with Crippen LogP contribution in [0.25, 0.3) is 0 Å². The van der Waals surface area contributed by atoms with Gasteiger partial charge in [0.15, 0.2) is 0 Å². The Kier molecular flexibility index (Phi) is 15.5. The highest BCUT2D eigenvalue weighted by Crippen LogP contribution is 2.53. The molecular formula is C29H58. The van der Waals surface area contributed by atoms with Gasteiger partial charge in [-0.15, -0.1) is 0 Å². The summed E-state index contributed by atoms with van der Waals surface area (Å²) in [7, 11) is 0. The molecule has 0 heterocycles. The minimum atomic E-state index is 1.17. The Balaban J connectivity index is 0.000000198. The van der Waals surface area contributed by atoms with Crippen molar-refractivity contribution in [3.8, 4) is 0 Å². The number of fused-ring (bicyclic) bond motifs is 2. The first-order valence-corrected chi connectivity index (χ1v) is 14.3. The molecule has 7 fully saturated rings. The smallest absolute Gasteiger partial charge is 0.0406 e. The van der Waals surface area contributed by atoms with Crippen molar-refractivity contribution in [3.63, 3.8) is 0 Å². The maximum atomic E-state index is 2.00. The number of hydrogen-bond donors (Lipinski definition) is 0. The van der Waals surface area contributed by atoms with Gasteiger partial charge >= 0.3 is 0 Å². The maximum Gasteiger partial charge on any atom is -0.0406 e. The van der Waals surface area contributed by atoms with E-state index in [1.165, 1.54) is 74.0 Å². The Hall–Kier alpha value is 0. The first-order chi connectivity index (χ1) is 14.3. The molecule has 0 unspecified atom stereocenters. The predicted molar refractivity (Wildman–Crippen MR) is 133 cm³/mol. The topological polar surface area (TPSA) is 0 Å². The lowest BCUT2D eigenvalue weighted by molar-refractivity contribution is 0.0198. The second-order valence-electron chi connectivity index (χ2n) is 10.1. The minimum absolute atomic E-state index is 1.17. The lowest BCUT2D eigenvalue weighted by atomic mass is 9.56. The Morgan fingerprint density at radius 1 is 0.276 bits per heavy atom. The van der Waals surface area contributed by atoms with Crippen molar-refractivity contribution in [1.29, 1.82) is 0 Å². The van der Waals surface area contributed by atoms with Gasteiger partial charge in [-0.05, 0) is 80.5 Å². The van der Waals surface area contributed by atoms with Crippen LogP contribution < -0.4 is 0 Å². The van der Waals surface area contributed by atoms with Crippen LogP contribution in [0.4, 0.5) is 0 Å². The fourth-order valence-corrected chi connectivity index (χ4v) is 7.22. The Morgan fingerprint density at radius 3 is 0.586 bits per heavy atom. The van der Waals surface area contributed by atoms with E-state index in [0.29, 0.717) is 0 Å². The fourth-order valence-electron chi connectivity index (χ4n) is 7.22. The van der Waals surface area contributed by atoms with Gasteiger partial charge in [0, 0.05) is 0 Å². The molecule has 7 saturated carbocycles. The van der Waals surface area contributed by atoms with Crippen molar-refractivity contribution < 1.29 is 0 Å². The van der Waals surface area contributed by atoms with E-state index in [0.717, 1.165) is 0 Å². The third kappa shape index (κ3) is 9.78. The molecule has 0 aromatic rings. The molecule has 7 aliphatic rings. The zero-order valence-electron chi connectivity index (χ0n) is 21.5. The van der Waals surface area contributed by atoms with Crippen LogP contribution >= 0.6 is 0 Å². The van der Waals surface area contributed by atoms with Gasteiger partial charge in [-0.25, -0.2) is 0 Å². The highest BCUT2D eigenvalue weighted by Gasteiger charge is 2.41. The minimum Gasteiger partial charge on any atom is -0.0683 e. The van der Waals surface area contributed by atoms with Crippen LogP contribution in [0.3, 0.4) is 0 Å². The van der Waals surface area contributed by atoms with E-state index in [1.807, 2.05) is 41.5 Å². The van der Waals surface area contributed by atoms with Crippen LogP contribution in [0, 0.1) is 35.5 Å². The molecule has 174 valence electrons. The lowest BCUT2D eigenvalue weighted by Gasteiger charge is -2.49. The largest absolute Gasteiger partial charge is 0.0683 e. The zero-order valence-corrected chi connectivity index (χ0v) is 21.5. The summed E-state index contributed by atoms with van der Waals surface area (Å²) in [4.78, 5) is 0. The van der Waals surface area contributed by atoms with Crippen LogP contribution in [-0.2, 0) is 0 Å². The first-order valence-electron chi connectivity index (χ1n) is 14.3. The van der Waals surface area contributed by atoms with E-state index < -0.39 is 0 Å². The van der Waals surface area contributed by atoms with E-state index in [-0.39, 0.29) is 0 Å². The highest BCUT2D eigenvalue weighted by molar-refractivity contribution is 4.93. The van der Waals surface area contributed by atoms with Crippen molar-refractivity contribution >= 4 is 0 Å². The summed E-state index contributed by atoms with van der Waals surface area (Å²) in [5.74, 6) is 7.05. The summed E-state index contributed by atoms with van der Waals surface area (Å²) in [6, 6.07) is 0. The summed E-state index contributed by atoms with van der Waals surface area (Å²) >= 11 is 0. The molecule has 7 rings (SSSR count). The van der Waals surface area contributed by atoms with Crippen molar-refractivity contribution in [3.05, 3.63) is 0 Å². The molecule has 0 aliphatic heterocycles. The molecule has 0 nitrogen and oxygen atoms in total. The Bertz CT molecular complexity index is 267. The standard InChI is InChI=1S/C10H16.C7H12.C6H12.3C2H6/c1-7-2-9-4-8(1)5-10(3-7)6-9;1-2-7-4-3-6(1)5-7;1-2-4-6-5-3-1;3*1-2/h7-10H,1-6H2;6-7H,1-5H2;1-6H2;3*1-2H3. The third-order valence-electron chi connectivity index (χ3n) is 8.13. The van der Waals surface area contributed by atoms with Crippen molar-refractivity contribution in [2.45, 2.75) is 151 Å². The van der Waals surface area contributed by atoms with Gasteiger partial charge in [-0.2, -0.15) is 0 Å². The molecule has 29 heavy (non-hydrogen) atoms. The number of hydrogen-bond acceptors (Lipinski definition) is 0. The summed E-state index contributed by atoms with van der Waals surface area (Å²) in [6.07, 6.45) is 26.4. The van der Waals surface area contributed by atoms with E-state index >= 15 is 0 Å². The average molecular weight is 407 g/mol. The van der Waals surface area contributed by atoms with E-state index in [4.69, 9.17) is 0 Å². The van der Waals surface area contributed by atoms with Crippen LogP contribution in [0.1, 0.15) is 151 Å². The summed E-state index contributed by atoms with van der Waals surface area (Å²) in [5.41, 5.74) is 0.